The minimum Gasteiger partial charge on any atom is -0.353 e. The van der Waals surface area contributed by atoms with Gasteiger partial charge in [-0.05, 0) is 38.5 Å². The monoisotopic (exact) mass is 342 g/mol. The summed E-state index contributed by atoms with van der Waals surface area (Å²) in [6.45, 7) is 0.976. The molecule has 3 rings (SSSR count). The van der Waals surface area contributed by atoms with E-state index in [1.165, 1.54) is 19.3 Å². The maximum atomic E-state index is 12.7. The second-order valence-corrected chi connectivity index (χ2v) is 9.71. The van der Waals surface area contributed by atoms with Gasteiger partial charge in [0.15, 0.2) is 0 Å². The van der Waals surface area contributed by atoms with Gasteiger partial charge in [-0.3, -0.25) is 4.79 Å². The molecule has 0 aromatic heterocycles. The summed E-state index contributed by atoms with van der Waals surface area (Å²) in [4.78, 5) is 12.5. The molecule has 1 heterocycles. The Morgan fingerprint density at radius 1 is 0.870 bits per heavy atom. The number of nitrogens with one attached hydrogen (secondary N) is 1. The number of amides is 1. The Balaban J connectivity index is 1.57. The van der Waals surface area contributed by atoms with Crippen molar-refractivity contribution in [2.24, 2.45) is 5.92 Å². The van der Waals surface area contributed by atoms with Crippen LogP contribution >= 0.6 is 0 Å². The van der Waals surface area contributed by atoms with Crippen molar-refractivity contribution in [2.45, 2.75) is 81.9 Å². The van der Waals surface area contributed by atoms with E-state index in [2.05, 4.69) is 5.32 Å². The van der Waals surface area contributed by atoms with Crippen LogP contribution in [0.15, 0.2) is 0 Å². The number of sulfonamides is 1. The van der Waals surface area contributed by atoms with Gasteiger partial charge in [-0.2, -0.15) is 0 Å². The molecule has 0 bridgehead atoms. The summed E-state index contributed by atoms with van der Waals surface area (Å²) >= 11 is 0. The minimum atomic E-state index is -3.21. The zero-order valence-corrected chi connectivity index (χ0v) is 14.8. The molecule has 1 saturated heterocycles. The van der Waals surface area contributed by atoms with Crippen molar-refractivity contribution >= 4 is 15.9 Å². The van der Waals surface area contributed by atoms with Gasteiger partial charge in [0, 0.05) is 19.1 Å². The average molecular weight is 343 g/mol. The Kier molecular flexibility index (Phi) is 5.62. The molecule has 0 radical (unpaired) electrons. The molecule has 2 saturated carbocycles. The minimum absolute atomic E-state index is 0.0724. The van der Waals surface area contributed by atoms with E-state index < -0.39 is 10.0 Å². The highest BCUT2D eigenvalue weighted by Gasteiger charge is 2.38. The van der Waals surface area contributed by atoms with Crippen LogP contribution in [0.2, 0.25) is 0 Å². The molecule has 0 unspecified atom stereocenters. The Bertz CT molecular complexity index is 508. The molecule has 2 aliphatic carbocycles. The highest BCUT2D eigenvalue weighted by Crippen LogP contribution is 2.30. The van der Waals surface area contributed by atoms with Crippen molar-refractivity contribution in [3.8, 4) is 0 Å². The largest absolute Gasteiger partial charge is 0.353 e. The third-order valence-corrected chi connectivity index (χ3v) is 8.16. The molecule has 3 fully saturated rings. The quantitative estimate of drug-likeness (QED) is 0.853. The standard InChI is InChI=1S/C17H30N2O3S/c20-17(18-15-8-2-1-3-9-15)14-7-6-12-19(13-14)23(21,22)16-10-4-5-11-16/h14-16H,1-13H2,(H,18,20)/t14-/m1/s1. The molecule has 1 atom stereocenters. The molecular formula is C17H30N2O3S. The summed E-state index contributed by atoms with van der Waals surface area (Å²) in [5, 5.41) is 2.96. The first-order valence-electron chi connectivity index (χ1n) is 9.37. The second kappa shape index (κ2) is 7.51. The van der Waals surface area contributed by atoms with Gasteiger partial charge in [0.1, 0.15) is 0 Å². The molecule has 0 spiro atoms. The number of hydrogen-bond donors (Lipinski definition) is 1. The third-order valence-electron chi connectivity index (χ3n) is 5.79. The van der Waals surface area contributed by atoms with Gasteiger partial charge in [-0.15, -0.1) is 0 Å². The van der Waals surface area contributed by atoms with Crippen molar-refractivity contribution in [2.75, 3.05) is 13.1 Å². The second-order valence-electron chi connectivity index (χ2n) is 7.49. The van der Waals surface area contributed by atoms with Gasteiger partial charge < -0.3 is 5.32 Å². The van der Waals surface area contributed by atoms with E-state index >= 15 is 0 Å². The highest BCUT2D eigenvalue weighted by atomic mass is 32.2. The number of rotatable bonds is 4. The number of nitrogens with zero attached hydrogens (tertiary/aromatic N) is 1. The summed E-state index contributed by atoms with van der Waals surface area (Å²) in [5.41, 5.74) is 0. The van der Waals surface area contributed by atoms with Crippen LogP contribution < -0.4 is 5.32 Å². The lowest BCUT2D eigenvalue weighted by molar-refractivity contribution is -0.127. The number of carbonyl (C=O) groups excluding carboxylic acids is 1. The van der Waals surface area contributed by atoms with Crippen LogP contribution in [0.3, 0.4) is 0 Å². The normalized spacial score (nSPS) is 28.8. The lowest BCUT2D eigenvalue weighted by Crippen LogP contribution is -2.49. The van der Waals surface area contributed by atoms with Gasteiger partial charge in [0.2, 0.25) is 15.9 Å². The van der Waals surface area contributed by atoms with Crippen LogP contribution in [0.5, 0.6) is 0 Å². The summed E-state index contributed by atoms with van der Waals surface area (Å²) in [5.74, 6) is -0.0925. The van der Waals surface area contributed by atoms with Gasteiger partial charge in [-0.1, -0.05) is 32.1 Å². The molecule has 132 valence electrons. The molecule has 0 aromatic carbocycles. The van der Waals surface area contributed by atoms with Gasteiger partial charge in [0.25, 0.3) is 0 Å². The van der Waals surface area contributed by atoms with Crippen LogP contribution in [-0.4, -0.2) is 43.0 Å². The molecule has 0 aromatic rings. The summed E-state index contributed by atoms with van der Waals surface area (Å²) in [6.07, 6.45) is 11.0. The van der Waals surface area contributed by atoms with Gasteiger partial charge >= 0.3 is 0 Å². The zero-order valence-electron chi connectivity index (χ0n) is 14.0. The Hall–Kier alpha value is -0.620. The first kappa shape index (κ1) is 17.2. The van der Waals surface area contributed by atoms with Crippen LogP contribution in [0, 0.1) is 5.92 Å². The van der Waals surface area contributed by atoms with Crippen molar-refractivity contribution < 1.29 is 13.2 Å². The number of carbonyl (C=O) groups is 1. The zero-order chi connectivity index (χ0) is 16.3. The molecule has 1 N–H and O–H groups in total. The summed E-state index contributed by atoms with van der Waals surface area (Å²) in [7, 11) is -3.21. The smallest absolute Gasteiger partial charge is 0.224 e. The van der Waals surface area contributed by atoms with E-state index in [4.69, 9.17) is 0 Å². The summed E-state index contributed by atoms with van der Waals surface area (Å²) < 4.78 is 27.1. The topological polar surface area (TPSA) is 66.5 Å². The highest BCUT2D eigenvalue weighted by molar-refractivity contribution is 7.89. The number of piperidine rings is 1. The molecule has 1 aliphatic heterocycles. The van der Waals surface area contributed by atoms with Crippen molar-refractivity contribution in [3.63, 3.8) is 0 Å². The maximum absolute atomic E-state index is 12.7. The molecule has 23 heavy (non-hydrogen) atoms. The Morgan fingerprint density at radius 2 is 1.52 bits per heavy atom. The fraction of sp³-hybridized carbons (Fsp3) is 0.941. The van der Waals surface area contributed by atoms with E-state index in [-0.39, 0.29) is 17.1 Å². The Morgan fingerprint density at radius 3 is 2.22 bits per heavy atom. The van der Waals surface area contributed by atoms with Crippen LogP contribution in [0.4, 0.5) is 0 Å². The van der Waals surface area contributed by atoms with Gasteiger partial charge in [-0.25, -0.2) is 12.7 Å². The first-order valence-corrected chi connectivity index (χ1v) is 10.9. The van der Waals surface area contributed by atoms with Crippen LogP contribution in [-0.2, 0) is 14.8 Å². The van der Waals surface area contributed by atoms with Crippen LogP contribution in [0.25, 0.3) is 0 Å². The van der Waals surface area contributed by atoms with Crippen molar-refractivity contribution in [1.82, 2.24) is 9.62 Å². The third kappa shape index (κ3) is 4.08. The van der Waals surface area contributed by atoms with Crippen LogP contribution in [0.1, 0.15) is 70.6 Å². The lowest BCUT2D eigenvalue weighted by atomic mass is 9.93. The molecule has 1 amide bonds. The maximum Gasteiger partial charge on any atom is 0.224 e. The molecule has 3 aliphatic rings. The van der Waals surface area contributed by atoms with E-state index in [9.17, 15) is 13.2 Å². The van der Waals surface area contributed by atoms with E-state index in [0.29, 0.717) is 19.1 Å². The summed E-state index contributed by atoms with van der Waals surface area (Å²) in [6, 6.07) is 0.304. The SMILES string of the molecule is O=C(NC1CCCCC1)[C@@H]1CCCN(S(=O)(=O)C2CCCC2)C1. The fourth-order valence-electron chi connectivity index (χ4n) is 4.35. The van der Waals surface area contributed by atoms with E-state index in [0.717, 1.165) is 51.4 Å². The lowest BCUT2D eigenvalue weighted by Gasteiger charge is -2.34. The predicted octanol–water partition coefficient (Wildman–Crippen LogP) is 2.42. The molecule has 5 nitrogen and oxygen atoms in total. The van der Waals surface area contributed by atoms with Crippen molar-refractivity contribution in [1.29, 1.82) is 0 Å². The molecular weight excluding hydrogens is 312 g/mol. The molecule has 6 heteroatoms. The van der Waals surface area contributed by atoms with Crippen molar-refractivity contribution in [3.05, 3.63) is 0 Å². The fourth-order valence-corrected chi connectivity index (χ4v) is 6.47. The Labute approximate surface area is 140 Å². The average Bonchev–Trinajstić information content (AvgIpc) is 3.11. The first-order chi connectivity index (χ1) is 11.1. The number of hydrogen-bond acceptors (Lipinski definition) is 3. The van der Waals surface area contributed by atoms with Gasteiger partial charge in [0.05, 0.1) is 11.2 Å². The van der Waals surface area contributed by atoms with E-state index in [1.54, 1.807) is 4.31 Å². The van der Waals surface area contributed by atoms with E-state index in [1.807, 2.05) is 0 Å². The predicted molar refractivity (Wildman–Crippen MR) is 90.5 cm³/mol.